The Balaban J connectivity index is 1.47. The molecule has 29 heavy (non-hydrogen) atoms. The Hall–Kier alpha value is -1.79. The molecule has 1 aromatic carbocycles. The van der Waals surface area contributed by atoms with E-state index in [-0.39, 0.29) is 23.5 Å². The van der Waals surface area contributed by atoms with Crippen molar-refractivity contribution in [1.82, 2.24) is 4.98 Å². The molecular formula is C23H29NO4S. The maximum absolute atomic E-state index is 12.0. The number of carbonyl (C=O) groups is 2. The number of ether oxygens (including phenoxy) is 2. The third kappa shape index (κ3) is 4.86. The van der Waals surface area contributed by atoms with Gasteiger partial charge in [-0.3, -0.25) is 9.59 Å². The van der Waals surface area contributed by atoms with E-state index in [2.05, 4.69) is 23.2 Å². The van der Waals surface area contributed by atoms with Gasteiger partial charge in [-0.15, -0.1) is 11.3 Å². The van der Waals surface area contributed by atoms with Crippen LogP contribution in [0.15, 0.2) is 18.2 Å². The molecular weight excluding hydrogens is 386 g/mol. The largest absolute Gasteiger partial charge is 0.466 e. The second-order valence-corrected chi connectivity index (χ2v) is 9.46. The Kier molecular flexibility index (Phi) is 6.30. The van der Waals surface area contributed by atoms with Crippen LogP contribution in [0.3, 0.4) is 0 Å². The van der Waals surface area contributed by atoms with E-state index in [1.54, 1.807) is 11.3 Å². The monoisotopic (exact) mass is 415 g/mol. The van der Waals surface area contributed by atoms with Crippen molar-refractivity contribution in [3.8, 4) is 0 Å². The molecule has 4 rings (SSSR count). The van der Waals surface area contributed by atoms with Crippen LogP contribution in [0.4, 0.5) is 0 Å². The van der Waals surface area contributed by atoms with Gasteiger partial charge in [-0.1, -0.05) is 25.3 Å². The number of epoxide rings is 1. The molecule has 2 aromatic rings. The lowest BCUT2D eigenvalue weighted by atomic mass is 9.89. The number of esters is 1. The first-order valence-corrected chi connectivity index (χ1v) is 11.6. The van der Waals surface area contributed by atoms with E-state index in [1.807, 2.05) is 6.92 Å². The van der Waals surface area contributed by atoms with Crippen molar-refractivity contribution in [2.75, 3.05) is 6.61 Å². The molecule has 2 aliphatic heterocycles. The zero-order valence-corrected chi connectivity index (χ0v) is 17.9. The van der Waals surface area contributed by atoms with Crippen LogP contribution in [0.1, 0.15) is 74.8 Å². The summed E-state index contributed by atoms with van der Waals surface area (Å²) in [6.45, 7) is 2.37. The summed E-state index contributed by atoms with van der Waals surface area (Å²) in [6.07, 6.45) is 8.08. The molecule has 0 amide bonds. The molecule has 0 spiro atoms. The van der Waals surface area contributed by atoms with Gasteiger partial charge in [0.2, 0.25) is 0 Å². The van der Waals surface area contributed by atoms with E-state index < -0.39 is 0 Å². The van der Waals surface area contributed by atoms with Gasteiger partial charge >= 0.3 is 5.97 Å². The SMILES string of the molecule is Cc1nc2cc(C34CCOC(=O)CCCC(=O)CCCCCCC3O4)ccc2s1. The van der Waals surface area contributed by atoms with Crippen molar-refractivity contribution in [3.63, 3.8) is 0 Å². The molecule has 0 radical (unpaired) electrons. The van der Waals surface area contributed by atoms with Gasteiger partial charge in [0.15, 0.2) is 0 Å². The second-order valence-electron chi connectivity index (χ2n) is 8.23. The van der Waals surface area contributed by atoms with Crippen molar-refractivity contribution in [2.45, 2.75) is 82.8 Å². The Labute approximate surface area is 175 Å². The van der Waals surface area contributed by atoms with Gasteiger partial charge in [-0.05, 0) is 43.9 Å². The fourth-order valence-electron chi connectivity index (χ4n) is 4.38. The summed E-state index contributed by atoms with van der Waals surface area (Å²) in [4.78, 5) is 28.5. The van der Waals surface area contributed by atoms with Gasteiger partial charge in [0.25, 0.3) is 0 Å². The molecule has 0 aliphatic carbocycles. The van der Waals surface area contributed by atoms with Crippen molar-refractivity contribution < 1.29 is 19.1 Å². The first-order chi connectivity index (χ1) is 14.1. The predicted molar refractivity (Wildman–Crippen MR) is 113 cm³/mol. The predicted octanol–water partition coefficient (Wildman–Crippen LogP) is 5.23. The molecule has 2 unspecified atom stereocenters. The van der Waals surface area contributed by atoms with Gasteiger partial charge in [0.1, 0.15) is 11.4 Å². The number of aryl methyl sites for hydroxylation is 1. The maximum atomic E-state index is 12.0. The third-order valence-electron chi connectivity index (χ3n) is 6.04. The van der Waals surface area contributed by atoms with Crippen LogP contribution in [-0.4, -0.2) is 29.4 Å². The lowest BCUT2D eigenvalue weighted by molar-refractivity contribution is -0.144. The Morgan fingerprint density at radius 2 is 1.90 bits per heavy atom. The number of nitrogens with zero attached hydrogens (tertiary/aromatic N) is 1. The summed E-state index contributed by atoms with van der Waals surface area (Å²) in [5.41, 5.74) is 1.80. The lowest BCUT2D eigenvalue weighted by Crippen LogP contribution is -2.18. The Bertz CT molecular complexity index is 892. The number of carbonyl (C=O) groups excluding carboxylic acids is 2. The minimum absolute atomic E-state index is 0.160. The number of Topliss-reactive ketones (excluding diaryl/α,β-unsaturated/α-hetero) is 1. The maximum Gasteiger partial charge on any atom is 0.305 e. The zero-order valence-electron chi connectivity index (χ0n) is 17.1. The third-order valence-corrected chi connectivity index (χ3v) is 7.00. The van der Waals surface area contributed by atoms with Gasteiger partial charge in [0.05, 0.1) is 27.9 Å². The average molecular weight is 416 g/mol. The normalized spacial score (nSPS) is 27.4. The minimum Gasteiger partial charge on any atom is -0.466 e. The van der Waals surface area contributed by atoms with Crippen LogP contribution in [-0.2, 0) is 24.7 Å². The summed E-state index contributed by atoms with van der Waals surface area (Å²) in [7, 11) is 0. The fourth-order valence-corrected chi connectivity index (χ4v) is 5.19. The number of benzene rings is 1. The average Bonchev–Trinajstić information content (AvgIpc) is 3.25. The first kappa shape index (κ1) is 20.5. The van der Waals surface area contributed by atoms with E-state index in [4.69, 9.17) is 9.47 Å². The topological polar surface area (TPSA) is 68.8 Å². The number of hydrogen-bond donors (Lipinski definition) is 0. The van der Waals surface area contributed by atoms with Crippen LogP contribution in [0.2, 0.25) is 0 Å². The summed E-state index contributed by atoms with van der Waals surface area (Å²) < 4.78 is 12.9. The summed E-state index contributed by atoms with van der Waals surface area (Å²) >= 11 is 1.70. The molecule has 2 aliphatic rings. The van der Waals surface area contributed by atoms with Gasteiger partial charge in [0, 0.05) is 25.7 Å². The highest BCUT2D eigenvalue weighted by Crippen LogP contribution is 2.52. The molecule has 0 bridgehead atoms. The van der Waals surface area contributed by atoms with Crippen LogP contribution in [0.25, 0.3) is 10.2 Å². The van der Waals surface area contributed by atoms with Gasteiger partial charge in [-0.25, -0.2) is 4.98 Å². The summed E-state index contributed by atoms with van der Waals surface area (Å²) in [5.74, 6) is 0.0462. The number of aromatic nitrogens is 1. The van der Waals surface area contributed by atoms with E-state index in [9.17, 15) is 9.59 Å². The van der Waals surface area contributed by atoms with E-state index in [1.165, 1.54) is 4.70 Å². The molecule has 2 saturated heterocycles. The number of cyclic esters (lactones) is 1. The number of hydrogen-bond acceptors (Lipinski definition) is 6. The molecule has 156 valence electrons. The summed E-state index contributed by atoms with van der Waals surface area (Å²) in [5, 5.41) is 1.06. The quantitative estimate of drug-likeness (QED) is 0.471. The van der Waals surface area contributed by atoms with Crippen LogP contribution in [0, 0.1) is 6.92 Å². The number of fused-ring (bicyclic) bond motifs is 2. The number of thiazole rings is 1. The molecule has 3 heterocycles. The van der Waals surface area contributed by atoms with Crippen molar-refractivity contribution in [3.05, 3.63) is 28.8 Å². The van der Waals surface area contributed by atoms with Gasteiger partial charge < -0.3 is 9.47 Å². The van der Waals surface area contributed by atoms with Crippen LogP contribution < -0.4 is 0 Å². The number of ketones is 1. The standard InChI is InChI=1S/C23H29NO4S/c1-16-24-19-15-17(11-12-20(19)29-16)23-13-14-27-22(26)10-6-8-18(25)7-4-2-3-5-9-21(23)28-23/h11-12,15,21H,2-10,13-14H2,1H3. The van der Waals surface area contributed by atoms with Crippen molar-refractivity contribution in [2.24, 2.45) is 0 Å². The molecule has 2 fully saturated rings. The molecule has 1 aromatic heterocycles. The Morgan fingerprint density at radius 3 is 2.79 bits per heavy atom. The smallest absolute Gasteiger partial charge is 0.305 e. The van der Waals surface area contributed by atoms with Crippen molar-refractivity contribution in [1.29, 1.82) is 0 Å². The highest BCUT2D eigenvalue weighted by atomic mass is 32.1. The molecule has 0 N–H and O–H groups in total. The first-order valence-electron chi connectivity index (χ1n) is 10.8. The van der Waals surface area contributed by atoms with E-state index >= 15 is 0 Å². The second kappa shape index (κ2) is 8.92. The van der Waals surface area contributed by atoms with Crippen LogP contribution in [0.5, 0.6) is 0 Å². The molecule has 6 heteroatoms. The zero-order chi connectivity index (χ0) is 20.3. The minimum atomic E-state index is -0.362. The molecule has 2 atom stereocenters. The van der Waals surface area contributed by atoms with Crippen LogP contribution >= 0.6 is 11.3 Å². The van der Waals surface area contributed by atoms with Gasteiger partial charge in [-0.2, -0.15) is 0 Å². The molecule has 5 nitrogen and oxygen atoms in total. The van der Waals surface area contributed by atoms with Crippen molar-refractivity contribution >= 4 is 33.3 Å². The van der Waals surface area contributed by atoms with E-state index in [0.29, 0.717) is 38.7 Å². The lowest BCUT2D eigenvalue weighted by Gasteiger charge is -2.15. The fraction of sp³-hybridized carbons (Fsp3) is 0.609. The highest BCUT2D eigenvalue weighted by Gasteiger charge is 2.56. The highest BCUT2D eigenvalue weighted by molar-refractivity contribution is 7.18. The number of rotatable bonds is 1. The van der Waals surface area contributed by atoms with E-state index in [0.717, 1.165) is 48.2 Å². The molecule has 0 saturated carbocycles. The summed E-state index contributed by atoms with van der Waals surface area (Å²) in [6, 6.07) is 6.42. The Morgan fingerprint density at radius 1 is 1.07 bits per heavy atom.